The minimum Gasteiger partial charge on any atom is -0.368 e. The van der Waals surface area contributed by atoms with Gasteiger partial charge in [-0.3, -0.25) is 4.98 Å². The molecule has 2 heterocycles. The van der Waals surface area contributed by atoms with Gasteiger partial charge in [0.1, 0.15) is 12.1 Å². The standard InChI is InChI=1S/C8H6FN5/c9-6-1-2-11-3-5(6)7-12-4-13-8(10)14-7/h1-4H,(H2,10,12,13,14). The fourth-order valence-corrected chi connectivity index (χ4v) is 0.981. The van der Waals surface area contributed by atoms with Crippen LogP contribution in [-0.2, 0) is 0 Å². The van der Waals surface area contributed by atoms with Crippen LogP contribution in [0.5, 0.6) is 0 Å². The summed E-state index contributed by atoms with van der Waals surface area (Å²) in [4.78, 5) is 14.9. The Morgan fingerprint density at radius 3 is 2.86 bits per heavy atom. The normalized spacial score (nSPS) is 10.1. The van der Waals surface area contributed by atoms with E-state index < -0.39 is 5.82 Å². The van der Waals surface area contributed by atoms with Crippen molar-refractivity contribution in [1.82, 2.24) is 19.9 Å². The fraction of sp³-hybridized carbons (Fsp3) is 0. The number of aromatic nitrogens is 4. The van der Waals surface area contributed by atoms with Crippen LogP contribution in [0.4, 0.5) is 10.3 Å². The molecule has 0 aliphatic heterocycles. The quantitative estimate of drug-likeness (QED) is 0.716. The Labute approximate surface area is 78.9 Å². The highest BCUT2D eigenvalue weighted by Gasteiger charge is 2.07. The van der Waals surface area contributed by atoms with E-state index in [1.807, 2.05) is 0 Å². The first-order valence-electron chi connectivity index (χ1n) is 3.82. The highest BCUT2D eigenvalue weighted by molar-refractivity contribution is 5.54. The van der Waals surface area contributed by atoms with Crippen molar-refractivity contribution in [3.05, 3.63) is 30.6 Å². The summed E-state index contributed by atoms with van der Waals surface area (Å²) in [5.74, 6) is -0.202. The maximum absolute atomic E-state index is 13.2. The van der Waals surface area contributed by atoms with Crippen LogP contribution in [-0.4, -0.2) is 19.9 Å². The SMILES string of the molecule is Nc1ncnc(-c2cnccc2F)n1. The van der Waals surface area contributed by atoms with Crippen LogP contribution < -0.4 is 5.73 Å². The molecule has 0 aliphatic carbocycles. The Morgan fingerprint density at radius 1 is 1.29 bits per heavy atom. The molecular formula is C8H6FN5. The summed E-state index contributed by atoms with van der Waals surface area (Å²) in [6.45, 7) is 0. The van der Waals surface area contributed by atoms with E-state index in [0.29, 0.717) is 0 Å². The lowest BCUT2D eigenvalue weighted by Gasteiger charge is -1.99. The molecule has 0 aliphatic rings. The van der Waals surface area contributed by atoms with Gasteiger partial charge >= 0.3 is 0 Å². The zero-order chi connectivity index (χ0) is 9.97. The van der Waals surface area contributed by atoms with E-state index >= 15 is 0 Å². The Kier molecular flexibility index (Phi) is 2.02. The number of nitrogens with zero attached hydrogens (tertiary/aromatic N) is 4. The number of pyridine rings is 1. The summed E-state index contributed by atoms with van der Waals surface area (Å²) in [5.41, 5.74) is 5.55. The van der Waals surface area contributed by atoms with Gasteiger partial charge in [-0.15, -0.1) is 0 Å². The summed E-state index contributed by atoms with van der Waals surface area (Å²) in [7, 11) is 0. The molecule has 0 saturated carbocycles. The average molecular weight is 191 g/mol. The predicted molar refractivity (Wildman–Crippen MR) is 47.4 cm³/mol. The first kappa shape index (κ1) is 8.49. The second-order valence-corrected chi connectivity index (χ2v) is 2.52. The van der Waals surface area contributed by atoms with Crippen molar-refractivity contribution in [2.45, 2.75) is 0 Å². The van der Waals surface area contributed by atoms with Gasteiger partial charge in [0.15, 0.2) is 5.82 Å². The molecule has 0 bridgehead atoms. The molecule has 0 fully saturated rings. The maximum atomic E-state index is 13.2. The molecule has 2 aromatic heterocycles. The van der Waals surface area contributed by atoms with Crippen LogP contribution in [0.1, 0.15) is 0 Å². The smallest absolute Gasteiger partial charge is 0.223 e. The van der Waals surface area contributed by atoms with Crippen LogP contribution >= 0.6 is 0 Å². The summed E-state index contributed by atoms with van der Waals surface area (Å²) in [5, 5.41) is 0. The maximum Gasteiger partial charge on any atom is 0.223 e. The van der Waals surface area contributed by atoms with E-state index in [1.54, 1.807) is 0 Å². The summed E-state index contributed by atoms with van der Waals surface area (Å²) < 4.78 is 13.2. The van der Waals surface area contributed by atoms with Crippen LogP contribution in [0.3, 0.4) is 0 Å². The van der Waals surface area contributed by atoms with E-state index in [0.717, 1.165) is 0 Å². The van der Waals surface area contributed by atoms with Gasteiger partial charge in [-0.1, -0.05) is 0 Å². The second-order valence-electron chi connectivity index (χ2n) is 2.52. The van der Waals surface area contributed by atoms with E-state index in [1.165, 1.54) is 24.8 Å². The fourth-order valence-electron chi connectivity index (χ4n) is 0.981. The number of nitrogens with two attached hydrogens (primary N) is 1. The van der Waals surface area contributed by atoms with Gasteiger partial charge in [0, 0.05) is 12.4 Å². The molecule has 70 valence electrons. The summed E-state index contributed by atoms with van der Waals surface area (Å²) in [6, 6.07) is 1.23. The number of rotatable bonds is 1. The topological polar surface area (TPSA) is 77.6 Å². The minimum atomic E-state index is -0.439. The summed E-state index contributed by atoms with van der Waals surface area (Å²) in [6.07, 6.45) is 3.91. The van der Waals surface area contributed by atoms with Crippen LogP contribution in [0.15, 0.2) is 24.8 Å². The van der Waals surface area contributed by atoms with E-state index in [9.17, 15) is 4.39 Å². The van der Waals surface area contributed by atoms with Gasteiger partial charge < -0.3 is 5.73 Å². The number of hydrogen-bond acceptors (Lipinski definition) is 5. The second kappa shape index (κ2) is 3.33. The zero-order valence-electron chi connectivity index (χ0n) is 7.05. The first-order valence-corrected chi connectivity index (χ1v) is 3.82. The number of nitrogen functional groups attached to an aromatic ring is 1. The van der Waals surface area contributed by atoms with E-state index in [-0.39, 0.29) is 17.3 Å². The lowest BCUT2D eigenvalue weighted by atomic mass is 10.2. The Hall–Kier alpha value is -2.11. The zero-order valence-corrected chi connectivity index (χ0v) is 7.05. The molecule has 0 saturated heterocycles. The van der Waals surface area contributed by atoms with Crippen molar-refractivity contribution in [2.24, 2.45) is 0 Å². The molecule has 6 heteroatoms. The van der Waals surface area contributed by atoms with Gasteiger partial charge in [-0.2, -0.15) is 4.98 Å². The first-order chi connectivity index (χ1) is 6.77. The van der Waals surface area contributed by atoms with Crippen LogP contribution in [0.2, 0.25) is 0 Å². The lowest BCUT2D eigenvalue weighted by molar-refractivity contribution is 0.627. The summed E-state index contributed by atoms with van der Waals surface area (Å²) >= 11 is 0. The van der Waals surface area contributed by atoms with E-state index in [4.69, 9.17) is 5.73 Å². The predicted octanol–water partition coefficient (Wildman–Crippen LogP) is 0.655. The van der Waals surface area contributed by atoms with Gasteiger partial charge in [0.05, 0.1) is 5.56 Å². The van der Waals surface area contributed by atoms with Gasteiger partial charge in [-0.25, -0.2) is 14.4 Å². The average Bonchev–Trinajstić information content (AvgIpc) is 2.18. The highest BCUT2D eigenvalue weighted by Crippen LogP contribution is 2.16. The molecular weight excluding hydrogens is 185 g/mol. The van der Waals surface area contributed by atoms with Crippen molar-refractivity contribution in [2.75, 3.05) is 5.73 Å². The Morgan fingerprint density at radius 2 is 2.14 bits per heavy atom. The molecule has 0 spiro atoms. The largest absolute Gasteiger partial charge is 0.368 e. The Balaban J connectivity index is 2.55. The lowest BCUT2D eigenvalue weighted by Crippen LogP contribution is -1.99. The molecule has 0 atom stereocenters. The molecule has 0 radical (unpaired) electrons. The van der Waals surface area contributed by atoms with Crippen molar-refractivity contribution >= 4 is 5.95 Å². The molecule has 14 heavy (non-hydrogen) atoms. The van der Waals surface area contributed by atoms with Crippen molar-refractivity contribution in [3.63, 3.8) is 0 Å². The van der Waals surface area contributed by atoms with Crippen molar-refractivity contribution in [1.29, 1.82) is 0 Å². The molecule has 0 amide bonds. The molecule has 5 nitrogen and oxygen atoms in total. The highest BCUT2D eigenvalue weighted by atomic mass is 19.1. The van der Waals surface area contributed by atoms with Crippen molar-refractivity contribution in [3.8, 4) is 11.4 Å². The third-order valence-corrected chi connectivity index (χ3v) is 1.60. The van der Waals surface area contributed by atoms with Gasteiger partial charge in [0.25, 0.3) is 0 Å². The molecule has 0 unspecified atom stereocenters. The monoisotopic (exact) mass is 191 g/mol. The number of hydrogen-bond donors (Lipinski definition) is 1. The van der Waals surface area contributed by atoms with Gasteiger partial charge in [-0.05, 0) is 6.07 Å². The molecule has 0 aromatic carbocycles. The Bertz CT molecular complexity index is 459. The van der Waals surface area contributed by atoms with E-state index in [2.05, 4.69) is 19.9 Å². The van der Waals surface area contributed by atoms with Crippen LogP contribution in [0.25, 0.3) is 11.4 Å². The molecule has 2 rings (SSSR count). The minimum absolute atomic E-state index is 0.0539. The van der Waals surface area contributed by atoms with Crippen molar-refractivity contribution < 1.29 is 4.39 Å². The number of halogens is 1. The third-order valence-electron chi connectivity index (χ3n) is 1.60. The number of anilines is 1. The van der Waals surface area contributed by atoms with Gasteiger partial charge in [0.2, 0.25) is 5.95 Å². The molecule has 2 aromatic rings. The van der Waals surface area contributed by atoms with Crippen LogP contribution in [0, 0.1) is 5.82 Å². The molecule has 2 N–H and O–H groups in total. The third kappa shape index (κ3) is 1.49.